The highest BCUT2D eigenvalue weighted by atomic mass is 35.5. The van der Waals surface area contributed by atoms with Gasteiger partial charge >= 0.3 is 5.97 Å². The summed E-state index contributed by atoms with van der Waals surface area (Å²) in [7, 11) is 0. The topological polar surface area (TPSA) is 86.1 Å². The van der Waals surface area contributed by atoms with Crippen molar-refractivity contribution in [2.75, 3.05) is 0 Å². The molecule has 1 unspecified atom stereocenters. The van der Waals surface area contributed by atoms with E-state index in [4.69, 9.17) is 45.4 Å². The Bertz CT molecular complexity index is 602. The fourth-order valence-corrected chi connectivity index (χ4v) is 3.11. The molecule has 0 aliphatic carbocycles. The molecule has 0 aromatic heterocycles. The van der Waals surface area contributed by atoms with E-state index in [-0.39, 0.29) is 12.5 Å². The molecular weight excluding hydrogens is 397 g/mol. The quantitative estimate of drug-likeness (QED) is 0.118. The number of benzene rings is 1. The summed E-state index contributed by atoms with van der Waals surface area (Å²) in [6.45, 7) is 0. The molecule has 0 radical (unpaired) electrons. The van der Waals surface area contributed by atoms with Gasteiger partial charge in [0.15, 0.2) is 0 Å². The van der Waals surface area contributed by atoms with Crippen molar-refractivity contribution in [1.82, 2.24) is 0 Å². The molecule has 0 fully saturated rings. The number of aliphatic carboxylic acids is 1. The van der Waals surface area contributed by atoms with Gasteiger partial charge in [0.2, 0.25) is 4.33 Å². The minimum atomic E-state index is -1.67. The van der Waals surface area contributed by atoms with Crippen molar-refractivity contribution in [2.24, 2.45) is 5.11 Å². The number of carboxylic acids is 1. The molecule has 0 aliphatic rings. The molecule has 0 amide bonds. The van der Waals surface area contributed by atoms with Gasteiger partial charge in [0.1, 0.15) is 0 Å². The van der Waals surface area contributed by atoms with E-state index in [1.807, 2.05) is 12.1 Å². The lowest BCUT2D eigenvalue weighted by atomic mass is 10.00. The number of rotatable bonds is 13. The van der Waals surface area contributed by atoms with Crippen LogP contribution >= 0.6 is 34.8 Å². The highest BCUT2D eigenvalue weighted by molar-refractivity contribution is 6.57. The first-order chi connectivity index (χ1) is 12.4. The predicted octanol–water partition coefficient (Wildman–Crippen LogP) is 7.46. The molecule has 8 heteroatoms. The maximum absolute atomic E-state index is 10.8. The van der Waals surface area contributed by atoms with Crippen LogP contribution in [0, 0.1) is 0 Å². The fourth-order valence-electron chi connectivity index (χ4n) is 2.71. The summed E-state index contributed by atoms with van der Waals surface area (Å²) >= 11 is 17.3. The van der Waals surface area contributed by atoms with Crippen LogP contribution in [0.2, 0.25) is 5.02 Å². The second-order valence-corrected chi connectivity index (χ2v) is 8.22. The molecule has 0 saturated carbocycles. The lowest BCUT2D eigenvalue weighted by Crippen LogP contribution is -2.25. The molecule has 1 rings (SSSR count). The van der Waals surface area contributed by atoms with E-state index in [1.165, 1.54) is 0 Å². The monoisotopic (exact) mass is 419 g/mol. The highest BCUT2D eigenvalue weighted by Crippen LogP contribution is 2.29. The summed E-state index contributed by atoms with van der Waals surface area (Å²) in [6, 6.07) is 7.24. The number of carboxylic acid groups (broad SMARTS) is 1. The van der Waals surface area contributed by atoms with Crippen molar-refractivity contribution in [1.29, 1.82) is 0 Å². The lowest BCUT2D eigenvalue weighted by Gasteiger charge is -2.13. The van der Waals surface area contributed by atoms with E-state index in [2.05, 4.69) is 10.0 Å². The third-order valence-electron chi connectivity index (χ3n) is 4.23. The first kappa shape index (κ1) is 22.9. The van der Waals surface area contributed by atoms with Crippen LogP contribution in [-0.4, -0.2) is 15.4 Å². The first-order valence-corrected chi connectivity index (χ1v) is 9.91. The molecule has 144 valence electrons. The molecule has 0 aliphatic heterocycles. The Labute approximate surface area is 169 Å². The van der Waals surface area contributed by atoms with Gasteiger partial charge < -0.3 is 5.11 Å². The number of hydrogen-bond acceptors (Lipinski definition) is 2. The van der Waals surface area contributed by atoms with Crippen molar-refractivity contribution in [3.05, 3.63) is 45.3 Å². The van der Waals surface area contributed by atoms with Gasteiger partial charge in [0.05, 0.1) is 6.04 Å². The normalized spacial score (nSPS) is 12.4. The molecule has 1 aromatic rings. The first-order valence-electron chi connectivity index (χ1n) is 8.77. The molecule has 0 spiro atoms. The molecular formula is C18H24Cl3N3O2. The molecule has 1 atom stereocenters. The Kier molecular flexibility index (Phi) is 10.8. The van der Waals surface area contributed by atoms with Gasteiger partial charge in [-0.2, -0.15) is 0 Å². The van der Waals surface area contributed by atoms with Crippen molar-refractivity contribution in [3.8, 4) is 0 Å². The molecule has 1 aromatic carbocycles. The van der Waals surface area contributed by atoms with Crippen LogP contribution < -0.4 is 0 Å². The minimum Gasteiger partial charge on any atom is -0.479 e. The zero-order chi connectivity index (χ0) is 19.4. The Morgan fingerprint density at radius 3 is 2.15 bits per heavy atom. The highest BCUT2D eigenvalue weighted by Gasteiger charge is 2.32. The number of halogens is 3. The van der Waals surface area contributed by atoms with Crippen LogP contribution in [0.25, 0.3) is 10.4 Å². The minimum absolute atomic E-state index is 0.158. The van der Waals surface area contributed by atoms with Gasteiger partial charge in [0, 0.05) is 9.93 Å². The number of alkyl halides is 2. The fraction of sp³-hybridized carbons (Fsp3) is 0.611. The predicted molar refractivity (Wildman–Crippen MR) is 107 cm³/mol. The Hall–Kier alpha value is -1.13. The molecule has 5 nitrogen and oxygen atoms in total. The van der Waals surface area contributed by atoms with Crippen molar-refractivity contribution in [2.45, 2.75) is 68.2 Å². The summed E-state index contributed by atoms with van der Waals surface area (Å²) < 4.78 is -1.67. The van der Waals surface area contributed by atoms with Gasteiger partial charge in [0.25, 0.3) is 0 Å². The molecule has 1 N–H and O–H groups in total. The number of nitrogens with zero attached hydrogens (tertiary/aromatic N) is 3. The largest absolute Gasteiger partial charge is 0.479 e. The summed E-state index contributed by atoms with van der Waals surface area (Å²) in [5, 5.41) is 13.4. The maximum atomic E-state index is 10.8. The summed E-state index contributed by atoms with van der Waals surface area (Å²) in [6.07, 6.45) is 7.95. The third-order valence-corrected chi connectivity index (χ3v) is 5.18. The lowest BCUT2D eigenvalue weighted by molar-refractivity contribution is -0.138. The van der Waals surface area contributed by atoms with Gasteiger partial charge in [-0.05, 0) is 42.5 Å². The zero-order valence-electron chi connectivity index (χ0n) is 14.6. The average Bonchev–Trinajstić information content (AvgIpc) is 2.60. The standard InChI is InChI=1S/C18H24Cl3N3O2/c19-15-11-9-14(10-12-15)16(23-24-22)8-6-4-2-1-3-5-7-13-18(20,21)17(25)26/h9-12,16H,1-8,13H2,(H,25,26). The summed E-state index contributed by atoms with van der Waals surface area (Å²) in [4.78, 5) is 13.7. The van der Waals surface area contributed by atoms with Crippen LogP contribution in [0.5, 0.6) is 0 Å². The third kappa shape index (κ3) is 9.00. The second-order valence-electron chi connectivity index (χ2n) is 6.30. The van der Waals surface area contributed by atoms with Crippen LogP contribution in [0.3, 0.4) is 0 Å². The van der Waals surface area contributed by atoms with Gasteiger partial charge in [-0.3, -0.25) is 0 Å². The van der Waals surface area contributed by atoms with Gasteiger partial charge in [-0.25, -0.2) is 4.79 Å². The van der Waals surface area contributed by atoms with Crippen LogP contribution in [-0.2, 0) is 4.79 Å². The molecule has 0 heterocycles. The molecule has 0 bridgehead atoms. The summed E-state index contributed by atoms with van der Waals surface area (Å²) in [5.74, 6) is -1.18. The smallest absolute Gasteiger partial charge is 0.340 e. The second kappa shape index (κ2) is 12.3. The average molecular weight is 421 g/mol. The van der Waals surface area contributed by atoms with E-state index in [1.54, 1.807) is 12.1 Å². The van der Waals surface area contributed by atoms with Crippen molar-refractivity contribution in [3.63, 3.8) is 0 Å². The van der Waals surface area contributed by atoms with E-state index in [0.717, 1.165) is 50.5 Å². The molecule has 0 saturated heterocycles. The van der Waals surface area contributed by atoms with E-state index < -0.39 is 10.3 Å². The SMILES string of the molecule is [N-]=[N+]=NC(CCCCCCCCCC(Cl)(Cl)C(=O)O)c1ccc(Cl)cc1. The number of carbonyl (C=O) groups is 1. The number of hydrogen-bond donors (Lipinski definition) is 1. The zero-order valence-corrected chi connectivity index (χ0v) is 16.8. The van der Waals surface area contributed by atoms with Gasteiger partial charge in [-0.15, -0.1) is 0 Å². The Balaban J connectivity index is 2.16. The van der Waals surface area contributed by atoms with E-state index >= 15 is 0 Å². The summed E-state index contributed by atoms with van der Waals surface area (Å²) in [5.41, 5.74) is 9.73. The van der Waals surface area contributed by atoms with Crippen molar-refractivity contribution < 1.29 is 9.90 Å². The maximum Gasteiger partial charge on any atom is 0.340 e. The van der Waals surface area contributed by atoms with Crippen LogP contribution in [0.1, 0.15) is 69.4 Å². The Morgan fingerprint density at radius 1 is 1.08 bits per heavy atom. The number of unbranched alkanes of at least 4 members (excludes halogenated alkanes) is 6. The molecule has 26 heavy (non-hydrogen) atoms. The Morgan fingerprint density at radius 2 is 1.62 bits per heavy atom. The van der Waals surface area contributed by atoms with E-state index in [0.29, 0.717) is 11.4 Å². The van der Waals surface area contributed by atoms with Crippen LogP contribution in [0.15, 0.2) is 29.4 Å². The van der Waals surface area contributed by atoms with Gasteiger partial charge in [-0.1, -0.05) is 90.6 Å². The van der Waals surface area contributed by atoms with Crippen LogP contribution in [0.4, 0.5) is 0 Å². The van der Waals surface area contributed by atoms with Crippen molar-refractivity contribution >= 4 is 40.8 Å². The van der Waals surface area contributed by atoms with E-state index in [9.17, 15) is 4.79 Å². The number of azide groups is 1.